The van der Waals surface area contributed by atoms with E-state index in [-0.39, 0.29) is 17.7 Å². The summed E-state index contributed by atoms with van der Waals surface area (Å²) < 4.78 is 0. The highest BCUT2D eigenvalue weighted by molar-refractivity contribution is 6.12. The second kappa shape index (κ2) is 6.73. The van der Waals surface area contributed by atoms with E-state index in [1.165, 1.54) is 12.2 Å². The molecular formula is C10H16N2O4. The summed E-state index contributed by atoms with van der Waals surface area (Å²) in [6.45, 7) is 3.76. The van der Waals surface area contributed by atoms with E-state index in [1.807, 2.05) is 19.2 Å². The SMILES string of the molecule is CC[C@H](C)[C@H](N)C(=O)O.O=C1C=CC(=O)N1. The normalized spacial score (nSPS) is 17.2. The molecule has 2 atom stereocenters. The van der Waals surface area contributed by atoms with E-state index in [0.717, 1.165) is 6.42 Å². The van der Waals surface area contributed by atoms with E-state index in [9.17, 15) is 14.4 Å². The first kappa shape index (κ1) is 14.3. The lowest BCUT2D eigenvalue weighted by molar-refractivity contribution is -0.139. The van der Waals surface area contributed by atoms with E-state index in [0.29, 0.717) is 0 Å². The summed E-state index contributed by atoms with van der Waals surface area (Å²) in [6.07, 6.45) is 3.21. The van der Waals surface area contributed by atoms with Crippen molar-refractivity contribution >= 4 is 17.8 Å². The number of nitrogens with two attached hydrogens (primary N) is 1. The molecule has 0 saturated heterocycles. The van der Waals surface area contributed by atoms with E-state index < -0.39 is 12.0 Å². The Hall–Kier alpha value is -1.69. The van der Waals surface area contributed by atoms with Crippen LogP contribution in [0.3, 0.4) is 0 Å². The van der Waals surface area contributed by atoms with Crippen molar-refractivity contribution < 1.29 is 19.5 Å². The molecule has 0 aromatic rings. The monoisotopic (exact) mass is 228 g/mol. The first-order chi connectivity index (χ1) is 7.38. The Morgan fingerprint density at radius 1 is 1.44 bits per heavy atom. The predicted molar refractivity (Wildman–Crippen MR) is 57.4 cm³/mol. The topological polar surface area (TPSA) is 109 Å². The first-order valence-electron chi connectivity index (χ1n) is 4.89. The molecule has 0 aromatic carbocycles. The van der Waals surface area contributed by atoms with Crippen LogP contribution in [-0.4, -0.2) is 28.9 Å². The van der Waals surface area contributed by atoms with Crippen LogP contribution in [0.5, 0.6) is 0 Å². The quantitative estimate of drug-likeness (QED) is 0.571. The molecule has 0 fully saturated rings. The summed E-state index contributed by atoms with van der Waals surface area (Å²) in [7, 11) is 0. The number of carbonyl (C=O) groups is 3. The van der Waals surface area contributed by atoms with Crippen LogP contribution < -0.4 is 11.1 Å². The molecule has 6 nitrogen and oxygen atoms in total. The minimum atomic E-state index is -0.913. The number of rotatable bonds is 3. The fourth-order valence-corrected chi connectivity index (χ4v) is 0.853. The summed E-state index contributed by atoms with van der Waals surface area (Å²) in [5, 5.41) is 10.4. The Labute approximate surface area is 93.5 Å². The molecule has 0 aliphatic carbocycles. The number of nitrogens with one attached hydrogen (secondary N) is 1. The average Bonchev–Trinajstić information content (AvgIpc) is 2.61. The van der Waals surface area contributed by atoms with Crippen molar-refractivity contribution in [2.45, 2.75) is 26.3 Å². The lowest BCUT2D eigenvalue weighted by atomic mass is 10.0. The Bertz CT molecular complexity index is 296. The second-order valence-corrected chi connectivity index (χ2v) is 3.44. The number of aliphatic carboxylic acids is 1. The second-order valence-electron chi connectivity index (χ2n) is 3.44. The first-order valence-corrected chi connectivity index (χ1v) is 4.89. The van der Waals surface area contributed by atoms with Gasteiger partial charge in [0.05, 0.1) is 0 Å². The van der Waals surface area contributed by atoms with Gasteiger partial charge in [-0.05, 0) is 5.92 Å². The van der Waals surface area contributed by atoms with Crippen molar-refractivity contribution in [2.24, 2.45) is 11.7 Å². The Kier molecular flexibility index (Phi) is 6.02. The van der Waals surface area contributed by atoms with Gasteiger partial charge >= 0.3 is 5.97 Å². The van der Waals surface area contributed by atoms with Crippen LogP contribution >= 0.6 is 0 Å². The highest BCUT2D eigenvalue weighted by atomic mass is 16.4. The van der Waals surface area contributed by atoms with Gasteiger partial charge in [-0.2, -0.15) is 0 Å². The zero-order valence-corrected chi connectivity index (χ0v) is 9.27. The van der Waals surface area contributed by atoms with Gasteiger partial charge in [-0.3, -0.25) is 19.7 Å². The summed E-state index contributed by atoms with van der Waals surface area (Å²) in [6, 6.07) is -0.699. The largest absolute Gasteiger partial charge is 0.480 e. The van der Waals surface area contributed by atoms with E-state index >= 15 is 0 Å². The van der Waals surface area contributed by atoms with Gasteiger partial charge in [-0.25, -0.2) is 0 Å². The van der Waals surface area contributed by atoms with Crippen molar-refractivity contribution in [3.05, 3.63) is 12.2 Å². The van der Waals surface area contributed by atoms with Gasteiger partial charge in [-0.15, -0.1) is 0 Å². The van der Waals surface area contributed by atoms with Crippen molar-refractivity contribution in [1.29, 1.82) is 0 Å². The summed E-state index contributed by atoms with van der Waals surface area (Å²) >= 11 is 0. The average molecular weight is 228 g/mol. The van der Waals surface area contributed by atoms with Crippen LogP contribution in [0.2, 0.25) is 0 Å². The summed E-state index contributed by atoms with van der Waals surface area (Å²) in [5.74, 6) is -1.50. The zero-order chi connectivity index (χ0) is 12.7. The Morgan fingerprint density at radius 3 is 2.00 bits per heavy atom. The molecule has 2 amide bonds. The zero-order valence-electron chi connectivity index (χ0n) is 9.27. The van der Waals surface area contributed by atoms with Crippen molar-refractivity contribution in [3.63, 3.8) is 0 Å². The van der Waals surface area contributed by atoms with E-state index in [2.05, 4.69) is 0 Å². The number of carboxylic acid groups (broad SMARTS) is 1. The number of hydrogen-bond donors (Lipinski definition) is 3. The molecule has 6 heteroatoms. The molecule has 0 unspecified atom stereocenters. The number of carbonyl (C=O) groups excluding carboxylic acids is 2. The van der Waals surface area contributed by atoms with E-state index in [1.54, 1.807) is 0 Å². The van der Waals surface area contributed by atoms with Crippen LogP contribution in [0.15, 0.2) is 12.2 Å². The minimum Gasteiger partial charge on any atom is -0.480 e. The Balaban J connectivity index is 0.000000288. The standard InChI is InChI=1S/C6H13NO2.C4H3NO2/c1-3-4(2)5(7)6(8)9;6-3-1-2-4(7)5-3/h4-5H,3,7H2,1-2H3,(H,8,9);1-2H,(H,5,6,7)/t4-,5-;/m0./s1. The molecule has 0 radical (unpaired) electrons. The summed E-state index contributed by atoms with van der Waals surface area (Å²) in [5.41, 5.74) is 5.27. The molecule has 1 rings (SSSR count). The van der Waals surface area contributed by atoms with Gasteiger partial charge < -0.3 is 10.8 Å². The van der Waals surface area contributed by atoms with Crippen molar-refractivity contribution in [2.75, 3.05) is 0 Å². The van der Waals surface area contributed by atoms with Crippen LogP contribution in [0.1, 0.15) is 20.3 Å². The predicted octanol–water partition coefficient (Wildman–Crippen LogP) is -0.357. The van der Waals surface area contributed by atoms with Gasteiger partial charge in [0.25, 0.3) is 11.8 Å². The molecule has 1 aliphatic rings. The van der Waals surface area contributed by atoms with Crippen LogP contribution in [0, 0.1) is 5.92 Å². The fraction of sp³-hybridized carbons (Fsp3) is 0.500. The number of amides is 2. The fourth-order valence-electron chi connectivity index (χ4n) is 0.853. The number of hydrogen-bond acceptors (Lipinski definition) is 4. The molecule has 0 spiro atoms. The molecule has 0 aromatic heterocycles. The molecule has 16 heavy (non-hydrogen) atoms. The Morgan fingerprint density at radius 2 is 1.88 bits per heavy atom. The maximum atomic E-state index is 10.2. The maximum absolute atomic E-state index is 10.2. The number of imide groups is 1. The lowest BCUT2D eigenvalue weighted by Gasteiger charge is -2.11. The van der Waals surface area contributed by atoms with Crippen LogP contribution in [0.25, 0.3) is 0 Å². The van der Waals surface area contributed by atoms with E-state index in [4.69, 9.17) is 10.8 Å². The van der Waals surface area contributed by atoms with Gasteiger partial charge in [-0.1, -0.05) is 20.3 Å². The molecule has 0 bridgehead atoms. The smallest absolute Gasteiger partial charge is 0.320 e. The third kappa shape index (κ3) is 5.26. The van der Waals surface area contributed by atoms with Crippen LogP contribution in [0.4, 0.5) is 0 Å². The van der Waals surface area contributed by atoms with Gasteiger partial charge in [0.15, 0.2) is 0 Å². The summed E-state index contributed by atoms with van der Waals surface area (Å²) in [4.78, 5) is 30.2. The maximum Gasteiger partial charge on any atom is 0.320 e. The highest BCUT2D eigenvalue weighted by Crippen LogP contribution is 2.04. The third-order valence-corrected chi connectivity index (χ3v) is 2.17. The lowest BCUT2D eigenvalue weighted by Crippen LogP contribution is -2.36. The number of carboxylic acids is 1. The van der Waals surface area contributed by atoms with Gasteiger partial charge in [0.2, 0.25) is 0 Å². The third-order valence-electron chi connectivity index (χ3n) is 2.17. The molecule has 0 saturated carbocycles. The van der Waals surface area contributed by atoms with Gasteiger partial charge in [0.1, 0.15) is 6.04 Å². The molecule has 1 aliphatic heterocycles. The van der Waals surface area contributed by atoms with Crippen molar-refractivity contribution in [3.8, 4) is 0 Å². The molecular weight excluding hydrogens is 212 g/mol. The highest BCUT2D eigenvalue weighted by Gasteiger charge is 2.17. The minimum absolute atomic E-state index is 0.0718. The van der Waals surface area contributed by atoms with Crippen molar-refractivity contribution in [1.82, 2.24) is 5.32 Å². The van der Waals surface area contributed by atoms with Gasteiger partial charge in [0, 0.05) is 12.2 Å². The molecule has 1 heterocycles. The molecule has 90 valence electrons. The van der Waals surface area contributed by atoms with Crippen LogP contribution in [-0.2, 0) is 14.4 Å². The molecule has 4 N–H and O–H groups in total.